The molecule has 0 heterocycles. The highest BCUT2D eigenvalue weighted by Gasteiger charge is 2.41. The minimum absolute atomic E-state index is 0.000000000000000222. The van der Waals surface area contributed by atoms with E-state index < -0.39 is 5.97 Å². The van der Waals surface area contributed by atoms with Gasteiger partial charge in [-0.25, -0.2) is 0 Å². The second-order valence-corrected chi connectivity index (χ2v) is 2.35. The van der Waals surface area contributed by atoms with Gasteiger partial charge in [0.05, 0.1) is 5.92 Å². The van der Waals surface area contributed by atoms with E-state index in [1.807, 2.05) is 6.92 Å². The molecule has 0 saturated heterocycles. The first-order valence-corrected chi connectivity index (χ1v) is 2.98. The normalized spacial score (nSPS) is 34.6. The van der Waals surface area contributed by atoms with E-state index in [4.69, 9.17) is 5.11 Å². The molecule has 1 aliphatic carbocycles. The van der Waals surface area contributed by atoms with Crippen LogP contribution in [0.3, 0.4) is 0 Å². The summed E-state index contributed by atoms with van der Waals surface area (Å²) in [6, 6.07) is 0. The molecule has 2 heteroatoms. The second-order valence-electron chi connectivity index (χ2n) is 2.35. The Morgan fingerprint density at radius 3 is 2.62 bits per heavy atom. The van der Waals surface area contributed by atoms with Gasteiger partial charge in [-0.05, 0) is 12.3 Å². The third kappa shape index (κ3) is 0.831. The van der Waals surface area contributed by atoms with Gasteiger partial charge in [0.1, 0.15) is 0 Å². The van der Waals surface area contributed by atoms with Crippen molar-refractivity contribution >= 4 is 5.97 Å². The quantitative estimate of drug-likeness (QED) is 0.584. The maximum absolute atomic E-state index is 10.1. The van der Waals surface area contributed by atoms with E-state index in [-0.39, 0.29) is 5.92 Å². The SMILES string of the molecule is CC[C@H]1C[C@@H]1C(=O)O. The summed E-state index contributed by atoms with van der Waals surface area (Å²) in [6.45, 7) is 2.04. The molecule has 0 aromatic heterocycles. The van der Waals surface area contributed by atoms with Crippen molar-refractivity contribution in [1.29, 1.82) is 0 Å². The fourth-order valence-electron chi connectivity index (χ4n) is 1.00. The summed E-state index contributed by atoms with van der Waals surface area (Å²) in [5, 5.41) is 8.35. The van der Waals surface area contributed by atoms with Crippen LogP contribution in [0, 0.1) is 11.8 Å². The lowest BCUT2D eigenvalue weighted by atomic mass is 10.3. The number of aliphatic carboxylic acids is 1. The smallest absolute Gasteiger partial charge is 0.306 e. The highest BCUT2D eigenvalue weighted by molar-refractivity contribution is 5.73. The van der Waals surface area contributed by atoms with E-state index in [1.54, 1.807) is 0 Å². The molecular weight excluding hydrogens is 104 g/mol. The van der Waals surface area contributed by atoms with Crippen molar-refractivity contribution < 1.29 is 9.90 Å². The van der Waals surface area contributed by atoms with Crippen LogP contribution >= 0.6 is 0 Å². The average molecular weight is 114 g/mol. The second kappa shape index (κ2) is 1.77. The van der Waals surface area contributed by atoms with Crippen LogP contribution in [0.1, 0.15) is 19.8 Å². The summed E-state index contributed by atoms with van der Waals surface area (Å²) >= 11 is 0. The van der Waals surface area contributed by atoms with Crippen LogP contribution in [0.4, 0.5) is 0 Å². The molecule has 0 amide bonds. The molecule has 0 bridgehead atoms. The van der Waals surface area contributed by atoms with Crippen LogP contribution in [-0.2, 0) is 4.79 Å². The molecule has 0 aromatic rings. The molecule has 0 aliphatic heterocycles. The zero-order valence-corrected chi connectivity index (χ0v) is 4.92. The van der Waals surface area contributed by atoms with Crippen LogP contribution in [0.15, 0.2) is 0 Å². The van der Waals surface area contributed by atoms with Crippen LogP contribution in [0.2, 0.25) is 0 Å². The van der Waals surface area contributed by atoms with Crippen molar-refractivity contribution in [1.82, 2.24) is 0 Å². The van der Waals surface area contributed by atoms with E-state index in [1.165, 1.54) is 0 Å². The third-order valence-corrected chi connectivity index (χ3v) is 1.76. The van der Waals surface area contributed by atoms with E-state index in [9.17, 15) is 4.79 Å². The summed E-state index contributed by atoms with van der Waals surface area (Å²) in [5.74, 6) is -0.121. The Labute approximate surface area is 48.5 Å². The maximum Gasteiger partial charge on any atom is 0.306 e. The predicted octanol–water partition coefficient (Wildman–Crippen LogP) is 1.12. The van der Waals surface area contributed by atoms with Gasteiger partial charge in [0.15, 0.2) is 0 Å². The lowest BCUT2D eigenvalue weighted by molar-refractivity contribution is -0.138. The first kappa shape index (κ1) is 5.60. The van der Waals surface area contributed by atoms with Crippen molar-refractivity contribution in [3.8, 4) is 0 Å². The van der Waals surface area contributed by atoms with Crippen LogP contribution in [0.5, 0.6) is 0 Å². The largest absolute Gasteiger partial charge is 0.481 e. The van der Waals surface area contributed by atoms with Gasteiger partial charge < -0.3 is 5.11 Å². The van der Waals surface area contributed by atoms with Gasteiger partial charge in [-0.1, -0.05) is 13.3 Å². The molecule has 1 aliphatic rings. The van der Waals surface area contributed by atoms with Gasteiger partial charge in [0.2, 0.25) is 0 Å². The number of rotatable bonds is 2. The van der Waals surface area contributed by atoms with Gasteiger partial charge in [0.25, 0.3) is 0 Å². The molecule has 1 N–H and O–H groups in total. The molecule has 46 valence electrons. The summed E-state index contributed by atoms with van der Waals surface area (Å²) in [6.07, 6.45) is 1.93. The Hall–Kier alpha value is -0.530. The third-order valence-electron chi connectivity index (χ3n) is 1.76. The fraction of sp³-hybridized carbons (Fsp3) is 0.833. The standard InChI is InChI=1S/C6H10O2/c1-2-4-3-5(4)6(7)8/h4-5H,2-3H2,1H3,(H,7,8)/t4-,5-/m0/s1. The van der Waals surface area contributed by atoms with Crippen LogP contribution in [0.25, 0.3) is 0 Å². The molecule has 0 spiro atoms. The van der Waals surface area contributed by atoms with Crippen molar-refractivity contribution in [2.75, 3.05) is 0 Å². The minimum Gasteiger partial charge on any atom is -0.481 e. The Morgan fingerprint density at radius 1 is 1.88 bits per heavy atom. The summed E-state index contributed by atoms with van der Waals surface area (Å²) < 4.78 is 0. The highest BCUT2D eigenvalue weighted by atomic mass is 16.4. The average Bonchev–Trinajstić information content (AvgIpc) is 2.42. The molecular formula is C6H10O2. The lowest BCUT2D eigenvalue weighted by Gasteiger charge is -1.84. The van der Waals surface area contributed by atoms with E-state index in [2.05, 4.69) is 0 Å². The van der Waals surface area contributed by atoms with Gasteiger partial charge in [-0.15, -0.1) is 0 Å². The Kier molecular flexibility index (Phi) is 1.24. The number of carboxylic acids is 1. The summed E-state index contributed by atoms with van der Waals surface area (Å²) in [5.41, 5.74) is 0. The zero-order valence-electron chi connectivity index (χ0n) is 4.92. The number of hydrogen-bond donors (Lipinski definition) is 1. The molecule has 1 rings (SSSR count). The number of hydrogen-bond acceptors (Lipinski definition) is 1. The van der Waals surface area contributed by atoms with Crippen LogP contribution in [-0.4, -0.2) is 11.1 Å². The molecule has 0 unspecified atom stereocenters. The monoisotopic (exact) mass is 114 g/mol. The highest BCUT2D eigenvalue weighted by Crippen LogP contribution is 2.40. The first-order chi connectivity index (χ1) is 3.75. The minimum atomic E-state index is -0.614. The van der Waals surface area contributed by atoms with Crippen LogP contribution < -0.4 is 0 Å². The van der Waals surface area contributed by atoms with E-state index >= 15 is 0 Å². The van der Waals surface area contributed by atoms with Gasteiger partial charge in [0, 0.05) is 0 Å². The summed E-state index contributed by atoms with van der Waals surface area (Å²) in [7, 11) is 0. The first-order valence-electron chi connectivity index (χ1n) is 2.98. The molecule has 1 fully saturated rings. The number of carboxylic acid groups (broad SMARTS) is 1. The topological polar surface area (TPSA) is 37.3 Å². The lowest BCUT2D eigenvalue weighted by Crippen LogP contribution is -1.98. The van der Waals surface area contributed by atoms with Gasteiger partial charge >= 0.3 is 5.97 Å². The molecule has 2 nitrogen and oxygen atoms in total. The summed E-state index contributed by atoms with van der Waals surface area (Å²) in [4.78, 5) is 10.1. The van der Waals surface area contributed by atoms with Gasteiger partial charge in [-0.3, -0.25) is 4.79 Å². The Bertz CT molecular complexity index is 109. The van der Waals surface area contributed by atoms with Crippen molar-refractivity contribution in [2.45, 2.75) is 19.8 Å². The zero-order chi connectivity index (χ0) is 6.15. The molecule has 1 saturated carbocycles. The molecule has 8 heavy (non-hydrogen) atoms. The van der Waals surface area contributed by atoms with E-state index in [0.717, 1.165) is 12.8 Å². The molecule has 0 radical (unpaired) electrons. The predicted molar refractivity (Wildman–Crippen MR) is 29.5 cm³/mol. The Balaban J connectivity index is 2.26. The molecule has 0 aromatic carbocycles. The van der Waals surface area contributed by atoms with Crippen molar-refractivity contribution in [3.05, 3.63) is 0 Å². The molecule has 2 atom stereocenters. The van der Waals surface area contributed by atoms with Crippen molar-refractivity contribution in [2.24, 2.45) is 11.8 Å². The Morgan fingerprint density at radius 2 is 2.50 bits per heavy atom. The van der Waals surface area contributed by atoms with E-state index in [0.29, 0.717) is 5.92 Å². The fourth-order valence-corrected chi connectivity index (χ4v) is 1.00. The van der Waals surface area contributed by atoms with Gasteiger partial charge in [-0.2, -0.15) is 0 Å². The number of carbonyl (C=O) groups is 1. The maximum atomic E-state index is 10.1. The van der Waals surface area contributed by atoms with Crippen molar-refractivity contribution in [3.63, 3.8) is 0 Å².